The second kappa shape index (κ2) is 11.4. The summed E-state index contributed by atoms with van der Waals surface area (Å²) in [6.07, 6.45) is 9.79. The van der Waals surface area contributed by atoms with Crippen LogP contribution in [0.1, 0.15) is 25.1 Å². The maximum absolute atomic E-state index is 5.75. The number of aliphatic imine (C=N–C) groups is 2. The number of aromatic nitrogens is 1. The first kappa shape index (κ1) is 22.7. The lowest BCUT2D eigenvalue weighted by molar-refractivity contribution is 0.483. The highest BCUT2D eigenvalue weighted by Crippen LogP contribution is 2.24. The van der Waals surface area contributed by atoms with E-state index in [9.17, 15) is 0 Å². The van der Waals surface area contributed by atoms with Gasteiger partial charge in [0.05, 0.1) is 24.1 Å². The number of allylic oxidation sites excluding steroid dienone is 3. The Morgan fingerprint density at radius 1 is 0.938 bits per heavy atom. The summed E-state index contributed by atoms with van der Waals surface area (Å²) in [4.78, 5) is 12.9. The molecule has 4 rings (SSSR count). The molecule has 0 unspecified atom stereocenters. The molecule has 0 fully saturated rings. The van der Waals surface area contributed by atoms with Gasteiger partial charge in [-0.2, -0.15) is 0 Å². The van der Waals surface area contributed by atoms with Gasteiger partial charge in [-0.05, 0) is 98.6 Å². The van der Waals surface area contributed by atoms with Crippen molar-refractivity contribution in [3.05, 3.63) is 102 Å². The van der Waals surface area contributed by atoms with Gasteiger partial charge in [0, 0.05) is 17.6 Å². The minimum absolute atomic E-state index is 0.715. The van der Waals surface area contributed by atoms with Crippen molar-refractivity contribution >= 4 is 23.3 Å². The van der Waals surface area contributed by atoms with E-state index in [0.29, 0.717) is 5.69 Å². The van der Waals surface area contributed by atoms with E-state index in [1.165, 1.54) is 5.57 Å². The second-order valence-corrected chi connectivity index (χ2v) is 7.45. The van der Waals surface area contributed by atoms with Crippen molar-refractivity contribution in [2.75, 3.05) is 12.3 Å². The first-order valence-corrected chi connectivity index (χ1v) is 10.4. The normalized spacial score (nSPS) is 13.0. The molecular weight excluding hydrogens is 396 g/mol. The van der Waals surface area contributed by atoms with E-state index in [1.54, 1.807) is 12.4 Å². The van der Waals surface area contributed by atoms with Gasteiger partial charge in [0.1, 0.15) is 11.5 Å². The highest BCUT2D eigenvalue weighted by Gasteiger charge is 1.98. The van der Waals surface area contributed by atoms with Crippen molar-refractivity contribution < 1.29 is 4.74 Å². The van der Waals surface area contributed by atoms with Gasteiger partial charge in [0.25, 0.3) is 0 Å². The van der Waals surface area contributed by atoms with Crippen molar-refractivity contribution in [1.82, 2.24) is 4.98 Å². The minimum atomic E-state index is 0.715. The maximum Gasteiger partial charge on any atom is 0.127 e. The standard InChI is InChI=1S/C19H17N3O.C8H11N/c1-14-10-11-21-17(12-14)13-22-16-4-8-19(9-5-16)23-18-6-2-15(20)3-7-18;1-7-4-3-5-9-8(2)6-7/h2-13H,20H2,1H3;3-4,6H,5H2,1-2H3. The summed E-state index contributed by atoms with van der Waals surface area (Å²) < 4.78 is 5.75. The number of aryl methyl sites for hydroxylation is 1. The number of hydrogen-bond acceptors (Lipinski definition) is 5. The molecule has 2 N–H and O–H groups in total. The van der Waals surface area contributed by atoms with Crippen LogP contribution in [0.5, 0.6) is 11.5 Å². The number of benzene rings is 2. The SMILES string of the molecule is CC1=CC(C)=NCC=C1.Cc1ccnc(C=Nc2ccc(Oc3ccc(N)cc3)cc2)c1. The summed E-state index contributed by atoms with van der Waals surface area (Å²) in [7, 11) is 0. The van der Waals surface area contributed by atoms with Gasteiger partial charge >= 0.3 is 0 Å². The Morgan fingerprint density at radius 3 is 2.31 bits per heavy atom. The van der Waals surface area contributed by atoms with E-state index in [4.69, 9.17) is 10.5 Å². The minimum Gasteiger partial charge on any atom is -0.457 e. The highest BCUT2D eigenvalue weighted by atomic mass is 16.5. The fraction of sp³-hybridized carbons (Fsp3) is 0.148. The van der Waals surface area contributed by atoms with Gasteiger partial charge in [0.2, 0.25) is 0 Å². The second-order valence-electron chi connectivity index (χ2n) is 7.45. The van der Waals surface area contributed by atoms with Crippen molar-refractivity contribution in [1.29, 1.82) is 0 Å². The quantitative estimate of drug-likeness (QED) is 0.385. The number of nitrogens with two attached hydrogens (primary N) is 1. The van der Waals surface area contributed by atoms with Crippen LogP contribution < -0.4 is 10.5 Å². The molecule has 0 radical (unpaired) electrons. The van der Waals surface area contributed by atoms with Crippen LogP contribution in [-0.4, -0.2) is 23.5 Å². The Labute approximate surface area is 189 Å². The number of ether oxygens (including phenoxy) is 1. The topological polar surface area (TPSA) is 72.9 Å². The molecule has 0 bridgehead atoms. The van der Waals surface area contributed by atoms with Gasteiger partial charge in [-0.25, -0.2) is 0 Å². The van der Waals surface area contributed by atoms with Gasteiger partial charge < -0.3 is 10.5 Å². The molecule has 3 aromatic rings. The van der Waals surface area contributed by atoms with Crippen LogP contribution in [0, 0.1) is 6.92 Å². The number of rotatable bonds is 4. The Bertz CT molecular complexity index is 1140. The van der Waals surface area contributed by atoms with Crippen LogP contribution in [0.4, 0.5) is 11.4 Å². The van der Waals surface area contributed by atoms with Crippen LogP contribution >= 0.6 is 0 Å². The average molecular weight is 425 g/mol. The molecule has 162 valence electrons. The molecule has 0 aliphatic carbocycles. The lowest BCUT2D eigenvalue weighted by Crippen LogP contribution is -1.87. The van der Waals surface area contributed by atoms with Crippen LogP contribution in [0.3, 0.4) is 0 Å². The molecule has 0 saturated carbocycles. The molecular formula is C27H28N4O. The summed E-state index contributed by atoms with van der Waals surface area (Å²) in [5, 5.41) is 0. The largest absolute Gasteiger partial charge is 0.457 e. The van der Waals surface area contributed by atoms with E-state index in [1.807, 2.05) is 74.5 Å². The molecule has 0 saturated heterocycles. The third-order valence-electron chi connectivity index (χ3n) is 4.50. The zero-order valence-electron chi connectivity index (χ0n) is 18.7. The number of hydrogen-bond donors (Lipinski definition) is 1. The summed E-state index contributed by atoms with van der Waals surface area (Å²) in [6, 6.07) is 18.8. The molecule has 5 heteroatoms. The van der Waals surface area contributed by atoms with E-state index in [-0.39, 0.29) is 0 Å². The van der Waals surface area contributed by atoms with Crippen molar-refractivity contribution in [2.45, 2.75) is 20.8 Å². The summed E-state index contributed by atoms with van der Waals surface area (Å²) in [5.41, 5.74) is 11.6. The summed E-state index contributed by atoms with van der Waals surface area (Å²) >= 11 is 0. The van der Waals surface area contributed by atoms with Crippen LogP contribution in [0.15, 0.2) is 101 Å². The van der Waals surface area contributed by atoms with E-state index < -0.39 is 0 Å². The van der Waals surface area contributed by atoms with E-state index >= 15 is 0 Å². The first-order valence-electron chi connectivity index (χ1n) is 10.4. The predicted molar refractivity (Wildman–Crippen MR) is 134 cm³/mol. The highest BCUT2D eigenvalue weighted by molar-refractivity contribution is 5.94. The summed E-state index contributed by atoms with van der Waals surface area (Å²) in [6.45, 7) is 6.97. The third kappa shape index (κ3) is 7.69. The van der Waals surface area contributed by atoms with Crippen molar-refractivity contribution in [2.24, 2.45) is 9.98 Å². The molecule has 1 aliphatic heterocycles. The van der Waals surface area contributed by atoms with Gasteiger partial charge in [-0.3, -0.25) is 15.0 Å². The molecule has 5 nitrogen and oxygen atoms in total. The van der Waals surface area contributed by atoms with Gasteiger partial charge in [-0.1, -0.05) is 12.2 Å². The molecule has 1 aromatic heterocycles. The van der Waals surface area contributed by atoms with Gasteiger partial charge in [-0.15, -0.1) is 0 Å². The van der Waals surface area contributed by atoms with Crippen molar-refractivity contribution in [3.8, 4) is 11.5 Å². The lowest BCUT2D eigenvalue weighted by Gasteiger charge is -2.05. The maximum atomic E-state index is 5.75. The number of nitrogens with zero attached hydrogens (tertiary/aromatic N) is 3. The molecule has 2 heterocycles. The third-order valence-corrected chi connectivity index (χ3v) is 4.50. The molecule has 1 aliphatic rings. The lowest BCUT2D eigenvalue weighted by atomic mass is 10.2. The zero-order valence-corrected chi connectivity index (χ0v) is 18.7. The monoisotopic (exact) mass is 424 g/mol. The van der Waals surface area contributed by atoms with Crippen LogP contribution in [0.25, 0.3) is 0 Å². The predicted octanol–water partition coefficient (Wildman–Crippen LogP) is 6.48. The zero-order chi connectivity index (χ0) is 22.8. The van der Waals surface area contributed by atoms with Crippen molar-refractivity contribution in [3.63, 3.8) is 0 Å². The number of anilines is 1. The number of pyridine rings is 1. The molecule has 2 aromatic carbocycles. The molecule has 0 spiro atoms. The molecule has 0 atom stereocenters. The Morgan fingerprint density at radius 2 is 1.62 bits per heavy atom. The Balaban J connectivity index is 0.000000269. The Hall–Kier alpha value is -3.99. The fourth-order valence-electron chi connectivity index (χ4n) is 2.90. The molecule has 32 heavy (non-hydrogen) atoms. The van der Waals surface area contributed by atoms with Crippen LogP contribution in [0.2, 0.25) is 0 Å². The van der Waals surface area contributed by atoms with E-state index in [0.717, 1.165) is 40.7 Å². The first-order chi connectivity index (χ1) is 15.5. The van der Waals surface area contributed by atoms with Gasteiger partial charge in [0.15, 0.2) is 0 Å². The number of nitrogen functional groups attached to an aromatic ring is 1. The smallest absolute Gasteiger partial charge is 0.127 e. The van der Waals surface area contributed by atoms with Crippen LogP contribution in [-0.2, 0) is 0 Å². The summed E-state index contributed by atoms with van der Waals surface area (Å²) in [5.74, 6) is 1.50. The Kier molecular flexibility index (Phi) is 8.09. The van der Waals surface area contributed by atoms with E-state index in [2.05, 4.69) is 40.1 Å². The molecule has 0 amide bonds. The average Bonchev–Trinajstić information content (AvgIpc) is 2.98. The fourth-order valence-corrected chi connectivity index (χ4v) is 2.90.